The number of hydrogen-bond acceptors (Lipinski definition) is 5. The maximum atomic E-state index is 10.2. The second-order valence-electron chi connectivity index (χ2n) is 9.42. The molecule has 0 amide bonds. The molecule has 0 saturated carbocycles. The molecule has 2 aromatic rings. The van der Waals surface area contributed by atoms with E-state index in [0.717, 1.165) is 84.5 Å². The number of thioether (sulfide) groups is 1. The Bertz CT molecular complexity index is 908. The highest BCUT2D eigenvalue weighted by atomic mass is 35.5. The van der Waals surface area contributed by atoms with E-state index in [2.05, 4.69) is 17.1 Å². The van der Waals surface area contributed by atoms with Crippen LogP contribution in [0.1, 0.15) is 63.0 Å². The third-order valence-electron chi connectivity index (χ3n) is 6.78. The minimum Gasteiger partial charge on any atom is -0.504 e. The molecule has 1 atom stereocenters. The number of phenolic OH excluding ortho intramolecular Hbond substituents is 2. The molecule has 0 radical (unpaired) electrons. The summed E-state index contributed by atoms with van der Waals surface area (Å²) in [7, 11) is 0. The van der Waals surface area contributed by atoms with Crippen molar-refractivity contribution < 1.29 is 10.2 Å². The van der Waals surface area contributed by atoms with Gasteiger partial charge in [-0.05, 0) is 101 Å². The number of hydrogen-bond donors (Lipinski definition) is 3. The standard InChI is InChI=1S/C28H40Cl2N2O2S/c1-2-17-32(22-12-13-23-21(20-22)11-14-26(33)27(23)34)18-6-4-3-5-15-31-16-8-19-35-28-24(29)9-7-10-25(28)30/h7,9-11,14,22,31,33-34H,2-6,8,12-13,15-20H2,1H3/t22-/m0/s1. The zero-order valence-corrected chi connectivity index (χ0v) is 23.2. The van der Waals surface area contributed by atoms with E-state index < -0.39 is 0 Å². The van der Waals surface area contributed by atoms with Crippen molar-refractivity contribution in [2.75, 3.05) is 31.9 Å². The maximum absolute atomic E-state index is 10.2. The summed E-state index contributed by atoms with van der Waals surface area (Å²) < 4.78 is 0. The van der Waals surface area contributed by atoms with Gasteiger partial charge >= 0.3 is 0 Å². The number of halogens is 2. The summed E-state index contributed by atoms with van der Waals surface area (Å²) in [5.41, 5.74) is 2.13. The summed E-state index contributed by atoms with van der Waals surface area (Å²) >= 11 is 14.2. The van der Waals surface area contributed by atoms with Crippen LogP contribution < -0.4 is 5.32 Å². The molecular formula is C28H40Cl2N2O2S. The highest BCUT2D eigenvalue weighted by Gasteiger charge is 2.26. The molecule has 0 spiro atoms. The Labute approximate surface area is 225 Å². The van der Waals surface area contributed by atoms with Crippen molar-refractivity contribution in [3.8, 4) is 11.5 Å². The topological polar surface area (TPSA) is 55.7 Å². The molecule has 7 heteroatoms. The average Bonchev–Trinajstić information content (AvgIpc) is 2.85. The average molecular weight is 540 g/mol. The minimum atomic E-state index is 0.00278. The van der Waals surface area contributed by atoms with Gasteiger partial charge in [0.1, 0.15) is 0 Å². The number of aromatic hydroxyl groups is 2. The molecular weight excluding hydrogens is 499 g/mol. The third-order valence-corrected chi connectivity index (χ3v) is 8.86. The highest BCUT2D eigenvalue weighted by Crippen LogP contribution is 2.37. The van der Waals surface area contributed by atoms with Gasteiger partial charge in [-0.2, -0.15) is 0 Å². The number of rotatable bonds is 15. The lowest BCUT2D eigenvalue weighted by Gasteiger charge is -2.35. The molecule has 1 aliphatic rings. The largest absolute Gasteiger partial charge is 0.504 e. The zero-order chi connectivity index (χ0) is 25.0. The first-order chi connectivity index (χ1) is 17.0. The van der Waals surface area contributed by atoms with E-state index in [9.17, 15) is 10.2 Å². The quantitative estimate of drug-likeness (QED) is 0.126. The van der Waals surface area contributed by atoms with Crippen LogP contribution in [0, 0.1) is 0 Å². The second kappa shape index (κ2) is 15.2. The number of phenols is 2. The van der Waals surface area contributed by atoms with Crippen LogP contribution >= 0.6 is 35.0 Å². The zero-order valence-electron chi connectivity index (χ0n) is 20.9. The number of nitrogens with one attached hydrogen (secondary N) is 1. The Morgan fingerprint density at radius 2 is 1.71 bits per heavy atom. The van der Waals surface area contributed by atoms with Crippen LogP contribution in [0.25, 0.3) is 0 Å². The van der Waals surface area contributed by atoms with Gasteiger partial charge in [-0.3, -0.25) is 0 Å². The molecule has 3 N–H and O–H groups in total. The van der Waals surface area contributed by atoms with Gasteiger partial charge in [0.2, 0.25) is 0 Å². The number of unbranched alkanes of at least 4 members (excludes halogenated alkanes) is 3. The second-order valence-corrected chi connectivity index (χ2v) is 11.3. The van der Waals surface area contributed by atoms with Crippen molar-refractivity contribution in [1.29, 1.82) is 0 Å². The summed E-state index contributed by atoms with van der Waals surface area (Å²) in [6.45, 7) is 6.62. The van der Waals surface area contributed by atoms with Crippen LogP contribution in [0.15, 0.2) is 35.2 Å². The Balaban J connectivity index is 1.25. The Kier molecular flexibility index (Phi) is 12.4. The lowest BCUT2D eigenvalue weighted by molar-refractivity contribution is 0.175. The molecule has 0 bridgehead atoms. The lowest BCUT2D eigenvalue weighted by Crippen LogP contribution is -2.40. The smallest absolute Gasteiger partial charge is 0.160 e. The fourth-order valence-electron chi connectivity index (χ4n) is 4.91. The van der Waals surface area contributed by atoms with Gasteiger partial charge < -0.3 is 20.4 Å². The monoisotopic (exact) mass is 538 g/mol. The summed E-state index contributed by atoms with van der Waals surface area (Å²) in [6, 6.07) is 9.81. The molecule has 2 aromatic carbocycles. The summed E-state index contributed by atoms with van der Waals surface area (Å²) in [4.78, 5) is 3.64. The summed E-state index contributed by atoms with van der Waals surface area (Å²) in [5.74, 6) is 1.10. The van der Waals surface area contributed by atoms with Crippen LogP contribution in [0.2, 0.25) is 10.0 Å². The van der Waals surface area contributed by atoms with E-state index in [-0.39, 0.29) is 11.5 Å². The van der Waals surface area contributed by atoms with Gasteiger partial charge in [0.15, 0.2) is 11.5 Å². The first-order valence-electron chi connectivity index (χ1n) is 13.1. The molecule has 3 rings (SSSR count). The van der Waals surface area contributed by atoms with Crippen LogP contribution in [0.3, 0.4) is 0 Å². The summed E-state index contributed by atoms with van der Waals surface area (Å²) in [6.07, 6.45) is 10.1. The van der Waals surface area contributed by atoms with Crippen molar-refractivity contribution >= 4 is 35.0 Å². The van der Waals surface area contributed by atoms with Crippen molar-refractivity contribution in [2.45, 2.75) is 75.6 Å². The molecule has 194 valence electrons. The van der Waals surface area contributed by atoms with Crippen LogP contribution in [0.5, 0.6) is 11.5 Å². The molecule has 0 fully saturated rings. The van der Waals surface area contributed by atoms with Gasteiger partial charge in [0.25, 0.3) is 0 Å². The molecule has 4 nitrogen and oxygen atoms in total. The first-order valence-corrected chi connectivity index (χ1v) is 14.8. The first kappa shape index (κ1) is 28.5. The normalized spacial score (nSPS) is 15.5. The molecule has 0 heterocycles. The van der Waals surface area contributed by atoms with Crippen LogP contribution in [0.4, 0.5) is 0 Å². The Morgan fingerprint density at radius 3 is 2.49 bits per heavy atom. The fraction of sp³-hybridized carbons (Fsp3) is 0.571. The molecule has 0 aromatic heterocycles. The van der Waals surface area contributed by atoms with E-state index in [4.69, 9.17) is 23.2 Å². The summed E-state index contributed by atoms with van der Waals surface area (Å²) in [5, 5.41) is 25.0. The predicted octanol–water partition coefficient (Wildman–Crippen LogP) is 7.31. The highest BCUT2D eigenvalue weighted by molar-refractivity contribution is 7.99. The third kappa shape index (κ3) is 8.75. The van der Waals surface area contributed by atoms with E-state index >= 15 is 0 Å². The van der Waals surface area contributed by atoms with E-state index in [1.807, 2.05) is 24.3 Å². The van der Waals surface area contributed by atoms with Crippen LogP contribution in [-0.4, -0.2) is 53.1 Å². The number of nitrogens with zero attached hydrogens (tertiary/aromatic N) is 1. The van der Waals surface area contributed by atoms with Crippen molar-refractivity contribution in [3.63, 3.8) is 0 Å². The lowest BCUT2D eigenvalue weighted by atomic mass is 9.86. The molecule has 35 heavy (non-hydrogen) atoms. The Morgan fingerprint density at radius 1 is 0.971 bits per heavy atom. The SMILES string of the molecule is CCCN(CCCCCCNCCCSc1c(Cl)cccc1Cl)[C@H]1CCc2c(ccc(O)c2O)C1. The predicted molar refractivity (Wildman–Crippen MR) is 151 cm³/mol. The van der Waals surface area contributed by atoms with E-state index in [0.29, 0.717) is 6.04 Å². The van der Waals surface area contributed by atoms with Gasteiger partial charge in [-0.25, -0.2) is 0 Å². The van der Waals surface area contributed by atoms with Gasteiger partial charge in [-0.15, -0.1) is 11.8 Å². The molecule has 0 saturated heterocycles. The Hall–Kier alpha value is -1.11. The van der Waals surface area contributed by atoms with E-state index in [1.54, 1.807) is 17.8 Å². The molecule has 0 aliphatic heterocycles. The van der Waals surface area contributed by atoms with Gasteiger partial charge in [-0.1, -0.05) is 55.1 Å². The van der Waals surface area contributed by atoms with Crippen molar-refractivity contribution in [2.24, 2.45) is 0 Å². The van der Waals surface area contributed by atoms with Crippen molar-refractivity contribution in [1.82, 2.24) is 10.2 Å². The molecule has 1 aliphatic carbocycles. The van der Waals surface area contributed by atoms with Crippen molar-refractivity contribution in [3.05, 3.63) is 51.5 Å². The minimum absolute atomic E-state index is 0.00278. The number of fused-ring (bicyclic) bond motifs is 1. The fourth-order valence-corrected chi connectivity index (χ4v) is 6.54. The maximum Gasteiger partial charge on any atom is 0.160 e. The van der Waals surface area contributed by atoms with Gasteiger partial charge in [0, 0.05) is 16.5 Å². The number of benzene rings is 2. The molecule has 0 unspecified atom stereocenters. The van der Waals surface area contributed by atoms with E-state index in [1.165, 1.54) is 31.2 Å². The van der Waals surface area contributed by atoms with Crippen LogP contribution in [-0.2, 0) is 12.8 Å². The van der Waals surface area contributed by atoms with Gasteiger partial charge in [0.05, 0.1) is 10.0 Å².